The topological polar surface area (TPSA) is 18.5 Å². The molecule has 0 spiro atoms. The third kappa shape index (κ3) is 7.58. The Labute approximate surface area is 99.6 Å². The molecule has 0 rings (SSSR count). The summed E-state index contributed by atoms with van der Waals surface area (Å²) in [5, 5.41) is 0. The quantitative estimate of drug-likeness (QED) is 0.384. The maximum atomic E-state index is 5.98. The van der Waals surface area contributed by atoms with Gasteiger partial charge >= 0.3 is 99.7 Å². The first-order valence-electron chi connectivity index (χ1n) is 6.10. The normalized spacial score (nSPS) is 16.4. The molecule has 0 aliphatic heterocycles. The van der Waals surface area contributed by atoms with Gasteiger partial charge in [-0.15, -0.1) is 0 Å². The summed E-state index contributed by atoms with van der Waals surface area (Å²) in [6.45, 7) is 4.23. The molecule has 0 aliphatic carbocycles. The summed E-state index contributed by atoms with van der Waals surface area (Å²) in [7, 11) is 1.71. The van der Waals surface area contributed by atoms with Crippen molar-refractivity contribution in [1.29, 1.82) is 0 Å². The second kappa shape index (κ2) is 7.91. The van der Waals surface area contributed by atoms with Crippen molar-refractivity contribution in [3.8, 4) is 0 Å². The Bertz CT molecular complexity index is 154. The van der Waals surface area contributed by atoms with Gasteiger partial charge < -0.3 is 0 Å². The van der Waals surface area contributed by atoms with Gasteiger partial charge in [0.1, 0.15) is 0 Å². The number of methoxy groups -OCH3 is 1. The molecule has 3 heteroatoms. The van der Waals surface area contributed by atoms with Gasteiger partial charge in [-0.1, -0.05) is 0 Å². The van der Waals surface area contributed by atoms with Crippen molar-refractivity contribution >= 4 is 18.4 Å². The Balaban J connectivity index is 4.08. The van der Waals surface area contributed by atoms with Gasteiger partial charge in [0.25, 0.3) is 0 Å². The molecular weight excluding hydrogens is 295 g/mol. The zero-order valence-electron chi connectivity index (χ0n) is 11.3. The molecule has 0 aromatic carbocycles. The van der Waals surface area contributed by atoms with Crippen LogP contribution in [0.4, 0.5) is 0 Å². The molecule has 0 saturated carbocycles. The fraction of sp³-hybridized carbons (Fsp3) is 1.00. The van der Waals surface area contributed by atoms with Crippen LogP contribution in [-0.4, -0.2) is 35.9 Å². The Hall–Kier alpha value is 0.719. The first-order valence-corrected chi connectivity index (χ1v) is 16.3. The molecule has 2 nitrogen and oxygen atoms in total. The van der Waals surface area contributed by atoms with E-state index in [1.165, 1.54) is 25.7 Å². The first-order chi connectivity index (χ1) is 6.91. The van der Waals surface area contributed by atoms with Crippen LogP contribution >= 0.6 is 0 Å². The number of rotatable bonds is 8. The van der Waals surface area contributed by atoms with Gasteiger partial charge in [-0.25, -0.2) is 0 Å². The van der Waals surface area contributed by atoms with Crippen molar-refractivity contribution in [2.75, 3.05) is 7.11 Å². The predicted molar refractivity (Wildman–Crippen MR) is 68.8 cm³/mol. The SMILES string of the molecule is CCCCC[CH](OC(C)OC)[Sn]([CH3])([CH3])[CH3]. The van der Waals surface area contributed by atoms with Crippen LogP contribution in [0, 0.1) is 0 Å². The molecule has 0 N–H and O–H groups in total. The fourth-order valence-electron chi connectivity index (χ4n) is 1.57. The second-order valence-corrected chi connectivity index (χ2v) is 20.6. The molecule has 0 aliphatic rings. The predicted octanol–water partition coefficient (Wildman–Crippen LogP) is 3.82. The van der Waals surface area contributed by atoms with E-state index in [0.29, 0.717) is 4.12 Å². The van der Waals surface area contributed by atoms with Crippen LogP contribution in [0.15, 0.2) is 0 Å². The maximum absolute atomic E-state index is 5.98. The van der Waals surface area contributed by atoms with E-state index in [2.05, 4.69) is 21.7 Å². The molecule has 0 aromatic rings. The van der Waals surface area contributed by atoms with Gasteiger partial charge in [0.15, 0.2) is 0 Å². The van der Waals surface area contributed by atoms with Gasteiger partial charge in [-0.3, -0.25) is 0 Å². The molecule has 0 radical (unpaired) electrons. The van der Waals surface area contributed by atoms with Crippen molar-refractivity contribution in [1.82, 2.24) is 0 Å². The standard InChI is InChI=1S/C9H19O2.3CH3.Sn/c1-4-5-6-7-8-11-9(2)10-3;;;;/h8-9H,4-7H2,1-3H3;3*1H3;. The molecule has 0 bridgehead atoms. The summed E-state index contributed by atoms with van der Waals surface area (Å²) in [6.07, 6.45) is 5.08. The van der Waals surface area contributed by atoms with E-state index in [9.17, 15) is 0 Å². The van der Waals surface area contributed by atoms with Crippen molar-refractivity contribution in [2.45, 2.75) is 64.8 Å². The molecule has 2 atom stereocenters. The summed E-state index contributed by atoms with van der Waals surface area (Å²) >= 11 is -1.94. The van der Waals surface area contributed by atoms with Crippen molar-refractivity contribution < 1.29 is 9.47 Å². The summed E-state index contributed by atoms with van der Waals surface area (Å²) in [6, 6.07) is 0. The van der Waals surface area contributed by atoms with Crippen LogP contribution in [0.1, 0.15) is 39.5 Å². The van der Waals surface area contributed by atoms with Gasteiger partial charge in [-0.2, -0.15) is 0 Å². The molecular formula is C12H28O2Sn. The van der Waals surface area contributed by atoms with Crippen LogP contribution in [0.5, 0.6) is 0 Å². The van der Waals surface area contributed by atoms with Crippen molar-refractivity contribution in [2.24, 2.45) is 0 Å². The second-order valence-electron chi connectivity index (χ2n) is 5.29. The minimum absolute atomic E-state index is 0.0486. The number of hydrogen-bond acceptors (Lipinski definition) is 2. The molecule has 0 fully saturated rings. The third-order valence-corrected chi connectivity index (χ3v) is 9.45. The average Bonchev–Trinajstić information content (AvgIpc) is 2.14. The van der Waals surface area contributed by atoms with Gasteiger partial charge in [0.05, 0.1) is 0 Å². The van der Waals surface area contributed by atoms with Gasteiger partial charge in [-0.05, 0) is 0 Å². The van der Waals surface area contributed by atoms with E-state index < -0.39 is 18.4 Å². The van der Waals surface area contributed by atoms with Crippen LogP contribution in [0.2, 0.25) is 14.8 Å². The van der Waals surface area contributed by atoms with Crippen molar-refractivity contribution in [3.05, 3.63) is 0 Å². The van der Waals surface area contributed by atoms with E-state index in [0.717, 1.165) is 0 Å². The summed E-state index contributed by atoms with van der Waals surface area (Å²) in [5.74, 6) is 0. The van der Waals surface area contributed by atoms with Crippen molar-refractivity contribution in [3.63, 3.8) is 0 Å². The van der Waals surface area contributed by atoms with E-state index >= 15 is 0 Å². The zero-order chi connectivity index (χ0) is 11.9. The van der Waals surface area contributed by atoms with Gasteiger partial charge in [0.2, 0.25) is 0 Å². The van der Waals surface area contributed by atoms with E-state index in [1.807, 2.05) is 6.92 Å². The molecule has 0 heterocycles. The van der Waals surface area contributed by atoms with Gasteiger partial charge in [0, 0.05) is 0 Å². The molecule has 0 aromatic heterocycles. The van der Waals surface area contributed by atoms with Crippen LogP contribution in [0.25, 0.3) is 0 Å². The summed E-state index contributed by atoms with van der Waals surface area (Å²) in [4.78, 5) is 7.31. The first kappa shape index (κ1) is 15.7. The van der Waals surface area contributed by atoms with E-state index in [4.69, 9.17) is 9.47 Å². The fourth-order valence-corrected chi connectivity index (χ4v) is 6.34. The Morgan fingerprint density at radius 3 is 2.13 bits per heavy atom. The molecule has 15 heavy (non-hydrogen) atoms. The van der Waals surface area contributed by atoms with Crippen LogP contribution in [0.3, 0.4) is 0 Å². The number of ether oxygens (including phenoxy) is 2. The zero-order valence-corrected chi connectivity index (χ0v) is 14.2. The van der Waals surface area contributed by atoms with E-state index in [1.54, 1.807) is 7.11 Å². The summed E-state index contributed by atoms with van der Waals surface area (Å²) < 4.78 is 11.7. The Morgan fingerprint density at radius 1 is 1.13 bits per heavy atom. The van der Waals surface area contributed by atoms with E-state index in [-0.39, 0.29) is 6.29 Å². The molecule has 2 unspecified atom stereocenters. The number of hydrogen-bond donors (Lipinski definition) is 0. The minimum atomic E-state index is -1.94. The molecule has 0 saturated heterocycles. The monoisotopic (exact) mass is 324 g/mol. The third-order valence-electron chi connectivity index (χ3n) is 2.72. The van der Waals surface area contributed by atoms with Crippen LogP contribution < -0.4 is 0 Å². The average molecular weight is 323 g/mol. The number of unbranched alkanes of at least 4 members (excludes halogenated alkanes) is 2. The Kier molecular flexibility index (Phi) is 8.28. The summed E-state index contributed by atoms with van der Waals surface area (Å²) in [5.41, 5.74) is 0. The molecule has 0 amide bonds. The van der Waals surface area contributed by atoms with Crippen LogP contribution in [-0.2, 0) is 9.47 Å². The molecule has 92 valence electrons. The Morgan fingerprint density at radius 2 is 1.73 bits per heavy atom.